The largest absolute Gasteiger partial charge is 0.308 e. The Morgan fingerprint density at radius 2 is 1.87 bits per heavy atom. The minimum absolute atomic E-state index is 0.0856. The maximum Gasteiger partial charge on any atom is 0.251 e. The Morgan fingerprint density at radius 1 is 1.13 bits per heavy atom. The predicted molar refractivity (Wildman–Crippen MR) is 63.0 cm³/mol. The summed E-state index contributed by atoms with van der Waals surface area (Å²) >= 11 is 0. The molecule has 2 aromatic rings. The molecule has 2 nitrogen and oxygen atoms in total. The van der Waals surface area contributed by atoms with Gasteiger partial charge in [0.15, 0.2) is 0 Å². The molecule has 0 spiro atoms. The summed E-state index contributed by atoms with van der Waals surface area (Å²) in [5.41, 5.74) is 1.11. The van der Waals surface area contributed by atoms with E-state index in [0.717, 1.165) is 17.4 Å². The summed E-state index contributed by atoms with van der Waals surface area (Å²) in [4.78, 5) is 11.7. The van der Waals surface area contributed by atoms with Crippen LogP contribution in [0.2, 0.25) is 0 Å². The second-order valence-electron chi connectivity index (χ2n) is 4.23. The van der Waals surface area contributed by atoms with Crippen LogP contribution in [0.1, 0.15) is 13.8 Å². The summed E-state index contributed by atoms with van der Waals surface area (Å²) in [5, 5.41) is 1.12. The number of pyridine rings is 1. The molecule has 0 aliphatic heterocycles. The van der Waals surface area contributed by atoms with Crippen molar-refractivity contribution < 1.29 is 0 Å². The maximum atomic E-state index is 11.7. The first kappa shape index (κ1) is 9.97. The summed E-state index contributed by atoms with van der Waals surface area (Å²) in [6.45, 7) is 5.02. The normalized spacial score (nSPS) is 11.1. The molecular weight excluding hydrogens is 186 g/mol. The zero-order valence-electron chi connectivity index (χ0n) is 9.10. The number of para-hydroxylation sites is 1. The van der Waals surface area contributed by atoms with Gasteiger partial charge in [-0.15, -0.1) is 0 Å². The molecule has 1 aromatic carbocycles. The van der Waals surface area contributed by atoms with E-state index in [4.69, 9.17) is 0 Å². The van der Waals surface area contributed by atoms with Crippen LogP contribution in [0.4, 0.5) is 0 Å². The molecule has 0 amide bonds. The highest BCUT2D eigenvalue weighted by molar-refractivity contribution is 5.78. The summed E-state index contributed by atoms with van der Waals surface area (Å²) in [6.07, 6.45) is 0. The van der Waals surface area contributed by atoms with Crippen LogP contribution in [-0.4, -0.2) is 4.57 Å². The molecule has 78 valence electrons. The Morgan fingerprint density at radius 3 is 2.60 bits per heavy atom. The molecule has 0 saturated heterocycles. The Kier molecular flexibility index (Phi) is 2.58. The van der Waals surface area contributed by atoms with Crippen molar-refractivity contribution in [2.24, 2.45) is 5.92 Å². The zero-order valence-corrected chi connectivity index (χ0v) is 9.10. The van der Waals surface area contributed by atoms with Gasteiger partial charge in [0, 0.05) is 12.6 Å². The molecule has 0 atom stereocenters. The van der Waals surface area contributed by atoms with E-state index in [0.29, 0.717) is 5.92 Å². The SMILES string of the molecule is CC(C)Cn1c(=O)ccc2ccccc21. The fourth-order valence-corrected chi connectivity index (χ4v) is 1.80. The van der Waals surface area contributed by atoms with E-state index in [1.54, 1.807) is 6.07 Å². The average Bonchev–Trinajstić information content (AvgIpc) is 2.22. The van der Waals surface area contributed by atoms with Crippen molar-refractivity contribution >= 4 is 10.9 Å². The summed E-state index contributed by atoms with van der Waals surface area (Å²) in [6, 6.07) is 11.5. The van der Waals surface area contributed by atoms with Gasteiger partial charge in [0.2, 0.25) is 0 Å². The number of hydrogen-bond donors (Lipinski definition) is 0. The standard InChI is InChI=1S/C13H15NO/c1-10(2)9-14-12-6-4-3-5-11(12)7-8-13(14)15/h3-8,10H,9H2,1-2H3. The van der Waals surface area contributed by atoms with Crippen LogP contribution < -0.4 is 5.56 Å². The monoisotopic (exact) mass is 201 g/mol. The van der Waals surface area contributed by atoms with Gasteiger partial charge in [0.1, 0.15) is 0 Å². The minimum Gasteiger partial charge on any atom is -0.308 e. The fourth-order valence-electron chi connectivity index (χ4n) is 1.80. The number of aromatic nitrogens is 1. The van der Waals surface area contributed by atoms with E-state index in [1.165, 1.54) is 0 Å². The number of hydrogen-bond acceptors (Lipinski definition) is 1. The molecule has 15 heavy (non-hydrogen) atoms. The van der Waals surface area contributed by atoms with Gasteiger partial charge in [-0.1, -0.05) is 32.0 Å². The molecule has 0 bridgehead atoms. The lowest BCUT2D eigenvalue weighted by atomic mass is 10.2. The zero-order chi connectivity index (χ0) is 10.8. The highest BCUT2D eigenvalue weighted by Gasteiger charge is 2.03. The van der Waals surface area contributed by atoms with Crippen molar-refractivity contribution in [2.75, 3.05) is 0 Å². The summed E-state index contributed by atoms with van der Waals surface area (Å²) < 4.78 is 1.85. The molecule has 0 saturated carbocycles. The van der Waals surface area contributed by atoms with Gasteiger partial charge in [-0.2, -0.15) is 0 Å². The maximum absolute atomic E-state index is 11.7. The summed E-state index contributed by atoms with van der Waals surface area (Å²) in [7, 11) is 0. The Bertz CT molecular complexity index is 525. The predicted octanol–water partition coefficient (Wildman–Crippen LogP) is 2.66. The Labute approximate surface area is 89.2 Å². The van der Waals surface area contributed by atoms with E-state index in [9.17, 15) is 4.79 Å². The van der Waals surface area contributed by atoms with Gasteiger partial charge in [-0.05, 0) is 23.4 Å². The number of fused-ring (bicyclic) bond motifs is 1. The quantitative estimate of drug-likeness (QED) is 0.732. The van der Waals surface area contributed by atoms with Gasteiger partial charge in [0.05, 0.1) is 5.52 Å². The van der Waals surface area contributed by atoms with E-state index >= 15 is 0 Å². The third-order valence-electron chi connectivity index (χ3n) is 2.45. The molecule has 0 aliphatic rings. The van der Waals surface area contributed by atoms with Crippen LogP contribution in [0.15, 0.2) is 41.2 Å². The molecule has 2 heteroatoms. The molecule has 1 aromatic heterocycles. The van der Waals surface area contributed by atoms with Crippen LogP contribution in [0.3, 0.4) is 0 Å². The number of nitrogens with zero attached hydrogens (tertiary/aromatic N) is 1. The van der Waals surface area contributed by atoms with Gasteiger partial charge in [0.25, 0.3) is 5.56 Å². The van der Waals surface area contributed by atoms with Crippen LogP contribution in [0.25, 0.3) is 10.9 Å². The Balaban J connectivity index is 2.68. The van der Waals surface area contributed by atoms with Gasteiger partial charge in [-0.25, -0.2) is 0 Å². The van der Waals surface area contributed by atoms with Gasteiger partial charge < -0.3 is 4.57 Å². The van der Waals surface area contributed by atoms with Crippen LogP contribution in [0.5, 0.6) is 0 Å². The molecule has 2 rings (SSSR count). The van der Waals surface area contributed by atoms with Crippen molar-refractivity contribution in [2.45, 2.75) is 20.4 Å². The molecule has 0 fully saturated rings. The first-order valence-electron chi connectivity index (χ1n) is 5.27. The highest BCUT2D eigenvalue weighted by atomic mass is 16.1. The minimum atomic E-state index is 0.0856. The van der Waals surface area contributed by atoms with Crippen LogP contribution >= 0.6 is 0 Å². The lowest BCUT2D eigenvalue weighted by Crippen LogP contribution is -2.21. The first-order chi connectivity index (χ1) is 7.18. The van der Waals surface area contributed by atoms with E-state index in [1.807, 2.05) is 34.9 Å². The third kappa shape index (κ3) is 1.94. The second kappa shape index (κ2) is 3.89. The molecule has 0 N–H and O–H groups in total. The second-order valence-corrected chi connectivity index (χ2v) is 4.23. The van der Waals surface area contributed by atoms with E-state index in [2.05, 4.69) is 13.8 Å². The van der Waals surface area contributed by atoms with Gasteiger partial charge in [-0.3, -0.25) is 4.79 Å². The number of benzene rings is 1. The first-order valence-corrected chi connectivity index (χ1v) is 5.27. The lowest BCUT2D eigenvalue weighted by molar-refractivity contribution is 0.524. The van der Waals surface area contributed by atoms with Crippen molar-refractivity contribution in [3.05, 3.63) is 46.8 Å². The van der Waals surface area contributed by atoms with Gasteiger partial charge >= 0.3 is 0 Å². The lowest BCUT2D eigenvalue weighted by Gasteiger charge is -2.11. The fraction of sp³-hybridized carbons (Fsp3) is 0.308. The molecular formula is C13H15NO. The van der Waals surface area contributed by atoms with Crippen LogP contribution in [-0.2, 0) is 6.54 Å². The van der Waals surface area contributed by atoms with E-state index < -0.39 is 0 Å². The van der Waals surface area contributed by atoms with Crippen molar-refractivity contribution in [1.29, 1.82) is 0 Å². The molecule has 0 aliphatic carbocycles. The molecule has 0 unspecified atom stereocenters. The summed E-state index contributed by atoms with van der Waals surface area (Å²) in [5.74, 6) is 0.480. The molecule has 0 radical (unpaired) electrons. The Hall–Kier alpha value is -1.57. The topological polar surface area (TPSA) is 22.0 Å². The number of rotatable bonds is 2. The van der Waals surface area contributed by atoms with Crippen molar-refractivity contribution in [3.63, 3.8) is 0 Å². The molecule has 1 heterocycles. The van der Waals surface area contributed by atoms with Crippen LogP contribution in [0, 0.1) is 5.92 Å². The smallest absolute Gasteiger partial charge is 0.251 e. The van der Waals surface area contributed by atoms with Crippen molar-refractivity contribution in [1.82, 2.24) is 4.57 Å². The van der Waals surface area contributed by atoms with E-state index in [-0.39, 0.29) is 5.56 Å². The third-order valence-corrected chi connectivity index (χ3v) is 2.45. The highest BCUT2D eigenvalue weighted by Crippen LogP contribution is 2.12. The van der Waals surface area contributed by atoms with Crippen molar-refractivity contribution in [3.8, 4) is 0 Å². The average molecular weight is 201 g/mol.